The Hall–Kier alpha value is -7.68. The maximum Gasteiger partial charge on any atom is 0.0547 e. The van der Waals surface area contributed by atoms with Crippen molar-refractivity contribution in [3.05, 3.63) is 231 Å². The minimum Gasteiger partial charge on any atom is -0.310 e. The monoisotopic (exact) mass is 738 g/mol. The van der Waals surface area contributed by atoms with Crippen molar-refractivity contribution < 1.29 is 0 Å². The predicted octanol–water partition coefficient (Wildman–Crippen LogP) is 15.6. The number of anilines is 3. The number of hydrogen-bond donors (Lipinski definition) is 0. The van der Waals surface area contributed by atoms with Crippen molar-refractivity contribution in [2.75, 3.05) is 4.90 Å². The summed E-state index contributed by atoms with van der Waals surface area (Å²) in [5.74, 6) is 0. The van der Waals surface area contributed by atoms with E-state index in [0.29, 0.717) is 0 Å². The van der Waals surface area contributed by atoms with E-state index in [-0.39, 0.29) is 0 Å². The Bertz CT molecular complexity index is 3230. The summed E-state index contributed by atoms with van der Waals surface area (Å²) in [6.07, 6.45) is 0. The summed E-state index contributed by atoms with van der Waals surface area (Å²) in [7, 11) is 0. The van der Waals surface area contributed by atoms with E-state index in [2.05, 4.69) is 240 Å². The van der Waals surface area contributed by atoms with Crippen LogP contribution in [0.2, 0.25) is 0 Å². The van der Waals surface area contributed by atoms with Gasteiger partial charge in [0.25, 0.3) is 0 Å². The lowest BCUT2D eigenvalue weighted by molar-refractivity contribution is 1.18. The highest BCUT2D eigenvalue weighted by Gasteiger charge is 2.18. The molecule has 1 heterocycles. The van der Waals surface area contributed by atoms with Crippen molar-refractivity contribution >= 4 is 60.4 Å². The van der Waals surface area contributed by atoms with Gasteiger partial charge in [-0.05, 0) is 110 Å². The van der Waals surface area contributed by atoms with E-state index in [9.17, 15) is 0 Å². The van der Waals surface area contributed by atoms with E-state index < -0.39 is 0 Å². The minimum absolute atomic E-state index is 1.11. The van der Waals surface area contributed by atoms with Crippen LogP contribution >= 0.6 is 0 Å². The van der Waals surface area contributed by atoms with Gasteiger partial charge in [-0.2, -0.15) is 0 Å². The molecular weight excluding hydrogens is 701 g/mol. The second kappa shape index (κ2) is 14.1. The third-order valence-electron chi connectivity index (χ3n) is 11.6. The second-order valence-corrected chi connectivity index (χ2v) is 15.0. The zero-order valence-electron chi connectivity index (χ0n) is 31.8. The summed E-state index contributed by atoms with van der Waals surface area (Å²) in [4.78, 5) is 2.37. The maximum absolute atomic E-state index is 2.40. The fraction of sp³-hybridized carbons (Fsp3) is 0. The van der Waals surface area contributed by atoms with Gasteiger partial charge < -0.3 is 9.47 Å². The minimum atomic E-state index is 1.11. The van der Waals surface area contributed by atoms with Crippen LogP contribution in [0.15, 0.2) is 231 Å². The molecule has 58 heavy (non-hydrogen) atoms. The molecule has 0 N–H and O–H groups in total. The molecule has 0 spiro atoms. The Morgan fingerprint density at radius 1 is 0.293 bits per heavy atom. The van der Waals surface area contributed by atoms with E-state index in [0.717, 1.165) is 17.1 Å². The summed E-state index contributed by atoms with van der Waals surface area (Å²) < 4.78 is 2.40. The first-order chi connectivity index (χ1) is 28.8. The van der Waals surface area contributed by atoms with Crippen molar-refractivity contribution in [2.45, 2.75) is 0 Å². The average Bonchev–Trinajstić information content (AvgIpc) is 3.64. The largest absolute Gasteiger partial charge is 0.310 e. The molecule has 1 aromatic heterocycles. The van der Waals surface area contributed by atoms with Crippen LogP contribution in [0.4, 0.5) is 17.1 Å². The fourth-order valence-electron chi connectivity index (χ4n) is 8.75. The van der Waals surface area contributed by atoms with Crippen LogP contribution in [-0.4, -0.2) is 4.57 Å². The molecule has 10 aromatic carbocycles. The number of nitrogens with zero attached hydrogens (tertiary/aromatic N) is 2. The molecule has 0 fully saturated rings. The molecule has 0 bridgehead atoms. The predicted molar refractivity (Wildman–Crippen MR) is 247 cm³/mol. The third kappa shape index (κ3) is 5.82. The third-order valence-corrected chi connectivity index (χ3v) is 11.6. The number of hydrogen-bond acceptors (Lipinski definition) is 1. The smallest absolute Gasteiger partial charge is 0.0547 e. The number of fused-ring (bicyclic) bond motifs is 6. The van der Waals surface area contributed by atoms with E-state index in [4.69, 9.17) is 0 Å². The van der Waals surface area contributed by atoms with E-state index >= 15 is 0 Å². The van der Waals surface area contributed by atoms with Gasteiger partial charge in [0.2, 0.25) is 0 Å². The van der Waals surface area contributed by atoms with Crippen molar-refractivity contribution in [3.63, 3.8) is 0 Å². The molecule has 0 aliphatic heterocycles. The van der Waals surface area contributed by atoms with Crippen LogP contribution in [-0.2, 0) is 0 Å². The standard InChI is InChI=1S/C56H38N2/c1-3-12-39(13-4-1)41-26-32-48(33-27-41)57(53-21-11-16-44-14-7-9-19-50(44)53)49-34-28-42(29-35-49)40-22-24-43(25-23-40)46-31-36-54-52(38-46)56-51-20-10-8-15-45(51)30-37-55(56)58(54)47-17-5-2-6-18-47/h1-38H. The molecule has 11 aromatic rings. The van der Waals surface area contributed by atoms with E-state index in [1.54, 1.807) is 0 Å². The summed E-state index contributed by atoms with van der Waals surface area (Å²) in [6, 6.07) is 83.5. The summed E-state index contributed by atoms with van der Waals surface area (Å²) in [5, 5.41) is 7.52. The normalized spacial score (nSPS) is 11.4. The highest BCUT2D eigenvalue weighted by molar-refractivity contribution is 6.22. The van der Waals surface area contributed by atoms with Gasteiger partial charge in [-0.3, -0.25) is 0 Å². The summed E-state index contributed by atoms with van der Waals surface area (Å²) in [6.45, 7) is 0. The van der Waals surface area contributed by atoms with Crippen molar-refractivity contribution in [3.8, 4) is 39.1 Å². The molecule has 272 valence electrons. The summed E-state index contributed by atoms with van der Waals surface area (Å²) >= 11 is 0. The van der Waals surface area contributed by atoms with Gasteiger partial charge in [0.05, 0.1) is 16.7 Å². The molecule has 0 aliphatic rings. The van der Waals surface area contributed by atoms with Crippen molar-refractivity contribution in [2.24, 2.45) is 0 Å². The Labute approximate surface area is 338 Å². The van der Waals surface area contributed by atoms with Crippen LogP contribution in [0.25, 0.3) is 82.4 Å². The quantitative estimate of drug-likeness (QED) is 0.158. The van der Waals surface area contributed by atoms with Gasteiger partial charge in [-0.25, -0.2) is 0 Å². The lowest BCUT2D eigenvalue weighted by atomic mass is 9.98. The number of para-hydroxylation sites is 1. The SMILES string of the molecule is c1ccc(-c2ccc(N(c3ccc(-c4ccc(-c5ccc6c(c5)c5c7ccccc7ccc5n6-c5ccccc5)cc4)cc3)c3cccc4ccccc34)cc2)cc1. The highest BCUT2D eigenvalue weighted by Crippen LogP contribution is 2.42. The van der Waals surface area contributed by atoms with Gasteiger partial charge in [-0.15, -0.1) is 0 Å². The maximum atomic E-state index is 2.40. The zero-order chi connectivity index (χ0) is 38.4. The molecular formula is C56H38N2. The van der Waals surface area contributed by atoms with Crippen LogP contribution in [0.1, 0.15) is 0 Å². The lowest BCUT2D eigenvalue weighted by Crippen LogP contribution is -2.10. The molecule has 0 aliphatic carbocycles. The Balaban J connectivity index is 0.951. The second-order valence-electron chi connectivity index (χ2n) is 15.0. The van der Waals surface area contributed by atoms with Gasteiger partial charge in [-0.1, -0.05) is 170 Å². The van der Waals surface area contributed by atoms with E-state index in [1.165, 1.54) is 82.4 Å². The molecule has 0 saturated heterocycles. The van der Waals surface area contributed by atoms with Crippen LogP contribution in [0.5, 0.6) is 0 Å². The highest BCUT2D eigenvalue weighted by atomic mass is 15.1. The Morgan fingerprint density at radius 2 is 0.759 bits per heavy atom. The molecule has 0 saturated carbocycles. The summed E-state index contributed by atoms with van der Waals surface area (Å²) in [5.41, 5.74) is 14.2. The molecule has 11 rings (SSSR count). The van der Waals surface area contributed by atoms with Crippen molar-refractivity contribution in [1.29, 1.82) is 0 Å². The number of rotatable bonds is 7. The molecule has 2 nitrogen and oxygen atoms in total. The van der Waals surface area contributed by atoms with Gasteiger partial charge in [0.1, 0.15) is 0 Å². The molecule has 0 atom stereocenters. The topological polar surface area (TPSA) is 8.17 Å². The number of aromatic nitrogens is 1. The molecule has 0 radical (unpaired) electrons. The number of benzene rings is 10. The first-order valence-corrected chi connectivity index (χ1v) is 19.9. The lowest BCUT2D eigenvalue weighted by Gasteiger charge is -2.27. The van der Waals surface area contributed by atoms with E-state index in [1.807, 2.05) is 0 Å². The Kier molecular flexibility index (Phi) is 8.19. The molecule has 0 unspecified atom stereocenters. The van der Waals surface area contributed by atoms with Crippen molar-refractivity contribution in [1.82, 2.24) is 4.57 Å². The molecule has 2 heteroatoms. The van der Waals surface area contributed by atoms with Crippen LogP contribution in [0.3, 0.4) is 0 Å². The van der Waals surface area contributed by atoms with Crippen LogP contribution < -0.4 is 4.90 Å². The van der Waals surface area contributed by atoms with Gasteiger partial charge in [0, 0.05) is 33.2 Å². The van der Waals surface area contributed by atoms with Crippen LogP contribution in [0, 0.1) is 0 Å². The zero-order valence-corrected chi connectivity index (χ0v) is 31.8. The van der Waals surface area contributed by atoms with Gasteiger partial charge in [0.15, 0.2) is 0 Å². The first-order valence-electron chi connectivity index (χ1n) is 19.9. The fourth-order valence-corrected chi connectivity index (χ4v) is 8.75. The molecule has 0 amide bonds. The Morgan fingerprint density at radius 3 is 1.41 bits per heavy atom. The van der Waals surface area contributed by atoms with Gasteiger partial charge >= 0.3 is 0 Å². The average molecular weight is 739 g/mol. The first kappa shape index (κ1) is 33.6.